The van der Waals surface area contributed by atoms with E-state index in [1.807, 2.05) is 20.8 Å². The SMILES string of the molecule is CCCCCCCCCCCCCCCCCC(C(=O)OCC)=C(C)C. The molecule has 0 aliphatic rings. The highest BCUT2D eigenvalue weighted by molar-refractivity contribution is 5.89. The van der Waals surface area contributed by atoms with E-state index in [4.69, 9.17) is 4.74 Å². The topological polar surface area (TPSA) is 26.3 Å². The summed E-state index contributed by atoms with van der Waals surface area (Å²) in [6.07, 6.45) is 21.5. The number of esters is 1. The largest absolute Gasteiger partial charge is 0.463 e. The van der Waals surface area contributed by atoms with Crippen molar-refractivity contribution in [2.45, 2.75) is 130 Å². The molecule has 0 aromatic carbocycles. The van der Waals surface area contributed by atoms with Crippen molar-refractivity contribution in [1.29, 1.82) is 0 Å². The van der Waals surface area contributed by atoms with Crippen LogP contribution in [0.3, 0.4) is 0 Å². The first-order valence-electron chi connectivity index (χ1n) is 11.5. The second kappa shape index (κ2) is 19.0. The molecule has 0 rings (SSSR count). The molecule has 0 aromatic heterocycles. The van der Waals surface area contributed by atoms with E-state index in [2.05, 4.69) is 6.92 Å². The summed E-state index contributed by atoms with van der Waals surface area (Å²) in [5.74, 6) is -0.113. The zero-order valence-corrected chi connectivity index (χ0v) is 18.3. The molecular formula is C24H46O2. The Hall–Kier alpha value is -0.790. The third kappa shape index (κ3) is 15.5. The highest BCUT2D eigenvalue weighted by atomic mass is 16.5. The summed E-state index contributed by atoms with van der Waals surface area (Å²) < 4.78 is 5.14. The fourth-order valence-electron chi connectivity index (χ4n) is 3.45. The quantitative estimate of drug-likeness (QED) is 0.139. The van der Waals surface area contributed by atoms with E-state index < -0.39 is 0 Å². The van der Waals surface area contributed by atoms with Gasteiger partial charge in [-0.15, -0.1) is 0 Å². The average molecular weight is 367 g/mol. The lowest BCUT2D eigenvalue weighted by atomic mass is 10.0. The van der Waals surface area contributed by atoms with E-state index in [9.17, 15) is 4.79 Å². The highest BCUT2D eigenvalue weighted by Gasteiger charge is 2.11. The Bertz CT molecular complexity index is 353. The van der Waals surface area contributed by atoms with Gasteiger partial charge in [0, 0.05) is 5.57 Å². The van der Waals surface area contributed by atoms with Crippen LogP contribution in [0.4, 0.5) is 0 Å². The molecule has 0 fully saturated rings. The van der Waals surface area contributed by atoms with Crippen LogP contribution in [-0.2, 0) is 9.53 Å². The van der Waals surface area contributed by atoms with Crippen molar-refractivity contribution in [1.82, 2.24) is 0 Å². The molecule has 2 nitrogen and oxygen atoms in total. The second-order valence-corrected chi connectivity index (χ2v) is 7.90. The molecule has 0 heterocycles. The summed E-state index contributed by atoms with van der Waals surface area (Å²) in [6, 6.07) is 0. The molecule has 0 atom stereocenters. The van der Waals surface area contributed by atoms with Gasteiger partial charge in [0.2, 0.25) is 0 Å². The van der Waals surface area contributed by atoms with Gasteiger partial charge in [-0.05, 0) is 33.6 Å². The predicted molar refractivity (Wildman–Crippen MR) is 115 cm³/mol. The summed E-state index contributed by atoms with van der Waals surface area (Å²) in [5, 5.41) is 0. The zero-order chi connectivity index (χ0) is 19.5. The van der Waals surface area contributed by atoms with Crippen LogP contribution >= 0.6 is 0 Å². The monoisotopic (exact) mass is 366 g/mol. The number of carbonyl (C=O) groups is 1. The molecule has 26 heavy (non-hydrogen) atoms. The Kier molecular flexibility index (Phi) is 18.4. The maximum atomic E-state index is 11.9. The third-order valence-electron chi connectivity index (χ3n) is 5.16. The van der Waals surface area contributed by atoms with E-state index >= 15 is 0 Å². The van der Waals surface area contributed by atoms with Crippen LogP contribution < -0.4 is 0 Å². The van der Waals surface area contributed by atoms with E-state index in [1.54, 1.807) is 0 Å². The van der Waals surface area contributed by atoms with Gasteiger partial charge < -0.3 is 4.74 Å². The van der Waals surface area contributed by atoms with Crippen molar-refractivity contribution in [3.63, 3.8) is 0 Å². The first-order chi connectivity index (χ1) is 12.6. The van der Waals surface area contributed by atoms with Gasteiger partial charge in [-0.25, -0.2) is 4.79 Å². The van der Waals surface area contributed by atoms with Crippen LogP contribution in [0.15, 0.2) is 11.1 Å². The summed E-state index contributed by atoms with van der Waals surface area (Å²) in [4.78, 5) is 11.9. The lowest BCUT2D eigenvalue weighted by Crippen LogP contribution is -2.09. The minimum absolute atomic E-state index is 0.113. The van der Waals surface area contributed by atoms with Gasteiger partial charge in [-0.2, -0.15) is 0 Å². The molecule has 0 bridgehead atoms. The Morgan fingerprint density at radius 2 is 1.00 bits per heavy atom. The van der Waals surface area contributed by atoms with Crippen LogP contribution in [0.2, 0.25) is 0 Å². The summed E-state index contributed by atoms with van der Waals surface area (Å²) in [7, 11) is 0. The number of ether oxygens (including phenoxy) is 1. The van der Waals surface area contributed by atoms with E-state index in [1.165, 1.54) is 89.9 Å². The summed E-state index contributed by atoms with van der Waals surface area (Å²) in [5.41, 5.74) is 2.00. The molecule has 0 amide bonds. The first kappa shape index (κ1) is 25.2. The van der Waals surface area contributed by atoms with Crippen molar-refractivity contribution >= 4 is 5.97 Å². The normalized spacial score (nSPS) is 10.8. The fraction of sp³-hybridized carbons (Fsp3) is 0.875. The average Bonchev–Trinajstić information content (AvgIpc) is 2.61. The van der Waals surface area contributed by atoms with Gasteiger partial charge in [0.25, 0.3) is 0 Å². The van der Waals surface area contributed by atoms with E-state index in [-0.39, 0.29) is 5.97 Å². The molecule has 0 radical (unpaired) electrons. The van der Waals surface area contributed by atoms with Crippen molar-refractivity contribution in [3.05, 3.63) is 11.1 Å². The van der Waals surface area contributed by atoms with Crippen LogP contribution in [0.5, 0.6) is 0 Å². The van der Waals surface area contributed by atoms with Gasteiger partial charge >= 0.3 is 5.97 Å². The van der Waals surface area contributed by atoms with Gasteiger partial charge in [-0.3, -0.25) is 0 Å². The number of rotatable bonds is 18. The molecule has 0 saturated carbocycles. The molecule has 0 spiro atoms. The Balaban J connectivity index is 3.40. The highest BCUT2D eigenvalue weighted by Crippen LogP contribution is 2.17. The van der Waals surface area contributed by atoms with Crippen LogP contribution in [0, 0.1) is 0 Å². The smallest absolute Gasteiger partial charge is 0.333 e. The van der Waals surface area contributed by atoms with Crippen LogP contribution in [-0.4, -0.2) is 12.6 Å². The minimum atomic E-state index is -0.113. The van der Waals surface area contributed by atoms with E-state index in [0.717, 1.165) is 24.0 Å². The van der Waals surface area contributed by atoms with Gasteiger partial charge in [0.1, 0.15) is 0 Å². The van der Waals surface area contributed by atoms with Crippen molar-refractivity contribution in [2.75, 3.05) is 6.61 Å². The molecular weight excluding hydrogens is 320 g/mol. The molecule has 0 aliphatic heterocycles. The number of hydrogen-bond acceptors (Lipinski definition) is 2. The molecule has 0 N–H and O–H groups in total. The summed E-state index contributed by atoms with van der Waals surface area (Å²) in [6.45, 7) is 8.64. The Morgan fingerprint density at radius 3 is 1.35 bits per heavy atom. The number of hydrogen-bond donors (Lipinski definition) is 0. The number of allylic oxidation sites excluding steroid dienone is 1. The molecule has 154 valence electrons. The van der Waals surface area contributed by atoms with Crippen molar-refractivity contribution in [3.8, 4) is 0 Å². The standard InChI is InChI=1S/C24H46O2/c1-5-7-8-9-10-11-12-13-14-15-16-17-18-19-20-21-23(22(3)4)24(25)26-6-2/h5-21H2,1-4H3. The Morgan fingerprint density at radius 1 is 0.615 bits per heavy atom. The Labute approximate surface area is 164 Å². The first-order valence-corrected chi connectivity index (χ1v) is 11.5. The van der Waals surface area contributed by atoms with Crippen molar-refractivity contribution < 1.29 is 9.53 Å². The maximum Gasteiger partial charge on any atom is 0.333 e. The van der Waals surface area contributed by atoms with Crippen LogP contribution in [0.1, 0.15) is 130 Å². The lowest BCUT2D eigenvalue weighted by Gasteiger charge is -2.09. The van der Waals surface area contributed by atoms with E-state index in [0.29, 0.717) is 6.61 Å². The molecule has 0 unspecified atom stereocenters. The minimum Gasteiger partial charge on any atom is -0.463 e. The van der Waals surface area contributed by atoms with Gasteiger partial charge in [-0.1, -0.05) is 102 Å². The number of unbranched alkanes of at least 4 members (excludes halogenated alkanes) is 14. The molecule has 2 heteroatoms. The molecule has 0 saturated heterocycles. The van der Waals surface area contributed by atoms with Crippen molar-refractivity contribution in [2.24, 2.45) is 0 Å². The molecule has 0 aromatic rings. The van der Waals surface area contributed by atoms with Gasteiger partial charge in [0.15, 0.2) is 0 Å². The summed E-state index contributed by atoms with van der Waals surface area (Å²) >= 11 is 0. The fourth-order valence-corrected chi connectivity index (χ4v) is 3.45. The lowest BCUT2D eigenvalue weighted by molar-refractivity contribution is -0.138. The zero-order valence-electron chi connectivity index (χ0n) is 18.3. The van der Waals surface area contributed by atoms with Crippen LogP contribution in [0.25, 0.3) is 0 Å². The second-order valence-electron chi connectivity index (χ2n) is 7.90. The number of carbonyl (C=O) groups excluding carboxylic acids is 1. The predicted octanol–water partition coefficient (Wildman–Crippen LogP) is 8.15. The third-order valence-corrected chi connectivity index (χ3v) is 5.16. The van der Waals surface area contributed by atoms with Gasteiger partial charge in [0.05, 0.1) is 6.61 Å². The molecule has 0 aliphatic carbocycles. The maximum absolute atomic E-state index is 11.9.